The van der Waals surface area contributed by atoms with Gasteiger partial charge in [-0.3, -0.25) is 9.59 Å². The largest absolute Gasteiger partial charge is 0.497 e. The number of carbonyl (C=O) groups excluding carboxylic acids is 2. The molecule has 0 aliphatic heterocycles. The quantitative estimate of drug-likeness (QED) is 0.478. The molecular weight excluding hydrogens is 446 g/mol. The molecule has 0 bridgehead atoms. The molecule has 0 saturated carbocycles. The summed E-state index contributed by atoms with van der Waals surface area (Å²) in [6.45, 7) is 4.21. The number of rotatable bonds is 9. The molecule has 0 spiro atoms. The van der Waals surface area contributed by atoms with Crippen molar-refractivity contribution in [3.8, 4) is 17.0 Å². The van der Waals surface area contributed by atoms with Crippen LogP contribution in [-0.2, 0) is 11.2 Å². The summed E-state index contributed by atoms with van der Waals surface area (Å²) in [5, 5.41) is 8.99. The van der Waals surface area contributed by atoms with Crippen LogP contribution in [0.4, 0.5) is 0 Å². The van der Waals surface area contributed by atoms with Crippen molar-refractivity contribution in [2.75, 3.05) is 13.7 Å². The zero-order chi connectivity index (χ0) is 23.1. The highest BCUT2D eigenvalue weighted by molar-refractivity contribution is 7.09. The molecular formula is C24H26ClN3O3S. The summed E-state index contributed by atoms with van der Waals surface area (Å²) >= 11 is 7.65. The van der Waals surface area contributed by atoms with E-state index in [1.165, 1.54) is 0 Å². The second-order valence-electron chi connectivity index (χ2n) is 7.57. The van der Waals surface area contributed by atoms with Crippen LogP contribution >= 0.6 is 22.9 Å². The summed E-state index contributed by atoms with van der Waals surface area (Å²) in [4.78, 5) is 29.9. The molecule has 168 valence electrons. The van der Waals surface area contributed by atoms with Crippen LogP contribution in [0.1, 0.15) is 29.2 Å². The first-order chi connectivity index (χ1) is 15.4. The molecule has 6 nitrogen and oxygen atoms in total. The number of ether oxygens (including phenoxy) is 1. The molecule has 0 aliphatic rings. The normalized spacial score (nSPS) is 11.8. The predicted molar refractivity (Wildman–Crippen MR) is 128 cm³/mol. The topological polar surface area (TPSA) is 80.3 Å². The monoisotopic (exact) mass is 471 g/mol. The number of amides is 2. The van der Waals surface area contributed by atoms with Gasteiger partial charge < -0.3 is 15.4 Å². The molecule has 1 heterocycles. The molecule has 0 saturated heterocycles. The Morgan fingerprint density at radius 1 is 1.12 bits per heavy atom. The van der Waals surface area contributed by atoms with E-state index in [9.17, 15) is 9.59 Å². The Bertz CT molecular complexity index is 1070. The maximum absolute atomic E-state index is 12.7. The van der Waals surface area contributed by atoms with E-state index >= 15 is 0 Å². The van der Waals surface area contributed by atoms with E-state index in [-0.39, 0.29) is 17.7 Å². The van der Waals surface area contributed by atoms with E-state index in [0.717, 1.165) is 22.0 Å². The number of halogens is 1. The lowest BCUT2D eigenvalue weighted by molar-refractivity contribution is -0.123. The zero-order valence-electron chi connectivity index (χ0n) is 18.2. The highest BCUT2D eigenvalue weighted by atomic mass is 35.5. The number of aromatic nitrogens is 1. The summed E-state index contributed by atoms with van der Waals surface area (Å²) < 4.78 is 5.19. The summed E-state index contributed by atoms with van der Waals surface area (Å²) in [6.07, 6.45) is 0.607. The average Bonchev–Trinajstić information content (AvgIpc) is 3.26. The molecule has 2 amide bonds. The molecule has 8 heteroatoms. The second-order valence-corrected chi connectivity index (χ2v) is 8.92. The van der Waals surface area contributed by atoms with Gasteiger partial charge in [0.15, 0.2) is 0 Å². The summed E-state index contributed by atoms with van der Waals surface area (Å²) in [5.74, 6) is 0.122. The lowest BCUT2D eigenvalue weighted by Gasteiger charge is -2.22. The number of methoxy groups -OCH3 is 1. The van der Waals surface area contributed by atoms with Gasteiger partial charge in [0.1, 0.15) is 11.8 Å². The molecule has 2 aromatic carbocycles. The molecule has 0 aliphatic carbocycles. The average molecular weight is 472 g/mol. The zero-order valence-corrected chi connectivity index (χ0v) is 19.8. The van der Waals surface area contributed by atoms with Crippen molar-refractivity contribution in [3.05, 3.63) is 69.5 Å². The van der Waals surface area contributed by atoms with Crippen LogP contribution in [0.15, 0.2) is 53.9 Å². The van der Waals surface area contributed by atoms with E-state index in [2.05, 4.69) is 15.6 Å². The fraction of sp³-hybridized carbons (Fsp3) is 0.292. The Morgan fingerprint density at radius 2 is 1.84 bits per heavy atom. The second kappa shape index (κ2) is 11.1. The standard InChI is InChI=1S/C24H26ClN3O3S/c1-15(2)22(28-23(29)18-6-4-5-7-19(18)25)24(30)26-13-12-21-27-20(14-32-21)16-8-10-17(31-3)11-9-16/h4-11,14-15,22H,12-13H2,1-3H3,(H,26,30)(H,28,29)/t22-/m1/s1. The summed E-state index contributed by atoms with van der Waals surface area (Å²) in [7, 11) is 1.64. The SMILES string of the molecule is COc1ccc(-c2csc(CCNC(=O)[C@H](NC(=O)c3ccccc3Cl)C(C)C)n2)cc1. The minimum absolute atomic E-state index is 0.0806. The molecule has 3 aromatic rings. The summed E-state index contributed by atoms with van der Waals surface area (Å²) in [6, 6.07) is 13.8. The highest BCUT2D eigenvalue weighted by Crippen LogP contribution is 2.24. The van der Waals surface area contributed by atoms with Gasteiger partial charge in [-0.2, -0.15) is 0 Å². The number of nitrogens with zero attached hydrogens (tertiary/aromatic N) is 1. The van der Waals surface area contributed by atoms with Crippen molar-refractivity contribution in [1.82, 2.24) is 15.6 Å². The van der Waals surface area contributed by atoms with E-state index < -0.39 is 6.04 Å². The van der Waals surface area contributed by atoms with Crippen LogP contribution in [0.3, 0.4) is 0 Å². The lowest BCUT2D eigenvalue weighted by atomic mass is 10.0. The van der Waals surface area contributed by atoms with Gasteiger partial charge in [-0.15, -0.1) is 11.3 Å². The van der Waals surface area contributed by atoms with Crippen LogP contribution in [0.2, 0.25) is 5.02 Å². The van der Waals surface area contributed by atoms with Crippen LogP contribution < -0.4 is 15.4 Å². The third-order valence-electron chi connectivity index (χ3n) is 4.93. The van der Waals surface area contributed by atoms with Gasteiger partial charge >= 0.3 is 0 Å². The van der Waals surface area contributed by atoms with Gasteiger partial charge in [-0.1, -0.05) is 37.6 Å². The van der Waals surface area contributed by atoms with Gasteiger partial charge in [0, 0.05) is 23.9 Å². The van der Waals surface area contributed by atoms with Crippen LogP contribution in [-0.4, -0.2) is 36.5 Å². The van der Waals surface area contributed by atoms with Crippen LogP contribution in [0.25, 0.3) is 11.3 Å². The number of carbonyl (C=O) groups is 2. The molecule has 1 aromatic heterocycles. The van der Waals surface area contributed by atoms with Crippen molar-refractivity contribution >= 4 is 34.8 Å². The minimum atomic E-state index is -0.662. The number of hydrogen-bond acceptors (Lipinski definition) is 5. The Kier molecular flexibility index (Phi) is 8.25. The van der Waals surface area contributed by atoms with Crippen molar-refractivity contribution in [1.29, 1.82) is 0 Å². The van der Waals surface area contributed by atoms with E-state index in [0.29, 0.717) is 23.6 Å². The molecule has 0 radical (unpaired) electrons. The van der Waals surface area contributed by atoms with Crippen molar-refractivity contribution in [3.63, 3.8) is 0 Å². The highest BCUT2D eigenvalue weighted by Gasteiger charge is 2.25. The third kappa shape index (κ3) is 6.08. The maximum atomic E-state index is 12.7. The van der Waals surface area contributed by atoms with Crippen LogP contribution in [0, 0.1) is 5.92 Å². The molecule has 1 atom stereocenters. The van der Waals surface area contributed by atoms with Gasteiger partial charge in [-0.25, -0.2) is 4.98 Å². The first-order valence-electron chi connectivity index (χ1n) is 10.3. The Balaban J connectivity index is 1.55. The number of nitrogens with one attached hydrogen (secondary N) is 2. The fourth-order valence-corrected chi connectivity index (χ4v) is 4.15. The van der Waals surface area contributed by atoms with Gasteiger partial charge in [0.05, 0.1) is 28.4 Å². The Labute approximate surface area is 197 Å². The molecule has 3 rings (SSSR count). The molecule has 0 fully saturated rings. The van der Waals surface area contributed by atoms with Crippen LogP contribution in [0.5, 0.6) is 5.75 Å². The molecule has 32 heavy (non-hydrogen) atoms. The smallest absolute Gasteiger partial charge is 0.253 e. The van der Waals surface area contributed by atoms with Crippen molar-refractivity contribution in [2.45, 2.75) is 26.3 Å². The maximum Gasteiger partial charge on any atom is 0.253 e. The number of hydrogen-bond donors (Lipinski definition) is 2. The Hall–Kier alpha value is -2.90. The summed E-state index contributed by atoms with van der Waals surface area (Å²) in [5.41, 5.74) is 2.26. The number of benzene rings is 2. The fourth-order valence-electron chi connectivity index (χ4n) is 3.12. The van der Waals surface area contributed by atoms with Gasteiger partial charge in [0.25, 0.3) is 5.91 Å². The van der Waals surface area contributed by atoms with Gasteiger partial charge in [0.2, 0.25) is 5.91 Å². The predicted octanol–water partition coefficient (Wildman–Crippen LogP) is 4.59. The first-order valence-corrected chi connectivity index (χ1v) is 11.6. The van der Waals surface area contributed by atoms with Crippen molar-refractivity contribution < 1.29 is 14.3 Å². The van der Waals surface area contributed by atoms with Gasteiger partial charge in [-0.05, 0) is 42.3 Å². The lowest BCUT2D eigenvalue weighted by Crippen LogP contribution is -2.50. The van der Waals surface area contributed by atoms with Crippen molar-refractivity contribution in [2.24, 2.45) is 5.92 Å². The van der Waals surface area contributed by atoms with E-state index in [4.69, 9.17) is 16.3 Å². The minimum Gasteiger partial charge on any atom is -0.497 e. The number of thiazole rings is 1. The molecule has 0 unspecified atom stereocenters. The first kappa shape index (κ1) is 23.8. The Morgan fingerprint density at radius 3 is 2.50 bits per heavy atom. The van der Waals surface area contributed by atoms with E-state index in [1.54, 1.807) is 42.7 Å². The third-order valence-corrected chi connectivity index (χ3v) is 6.17. The van der Waals surface area contributed by atoms with E-state index in [1.807, 2.05) is 43.5 Å². The molecule has 2 N–H and O–H groups in total.